The van der Waals surface area contributed by atoms with Gasteiger partial charge >= 0.3 is 0 Å². The van der Waals surface area contributed by atoms with Gasteiger partial charge in [0, 0.05) is 12.7 Å². The van der Waals surface area contributed by atoms with Crippen molar-refractivity contribution in [3.05, 3.63) is 40.4 Å². The Kier molecular flexibility index (Phi) is 4.29. The summed E-state index contributed by atoms with van der Waals surface area (Å²) in [5.41, 5.74) is 8.65. The molecule has 0 aliphatic carbocycles. The summed E-state index contributed by atoms with van der Waals surface area (Å²) in [6, 6.07) is 8.30. The maximum absolute atomic E-state index is 7.59. The molecule has 0 aliphatic rings. The molecule has 1 aromatic heterocycles. The largest absolute Gasteiger partial charge is 0.383 e. The molecule has 2 rings (SSSR count). The van der Waals surface area contributed by atoms with Crippen LogP contribution in [-0.2, 0) is 17.8 Å². The van der Waals surface area contributed by atoms with E-state index < -0.39 is 0 Å². The van der Waals surface area contributed by atoms with Crippen molar-refractivity contribution in [1.82, 2.24) is 4.98 Å². The SMILES string of the molecule is CCc1ccc(-c2nc(COC)c(C(=N)N)s2)cc1. The van der Waals surface area contributed by atoms with Gasteiger partial charge in [0.1, 0.15) is 10.8 Å². The number of methoxy groups -OCH3 is 1. The lowest BCUT2D eigenvalue weighted by atomic mass is 10.1. The topological polar surface area (TPSA) is 72.0 Å². The third-order valence-corrected chi connectivity index (χ3v) is 4.01. The number of hydrogen-bond donors (Lipinski definition) is 2. The van der Waals surface area contributed by atoms with Crippen molar-refractivity contribution >= 4 is 17.2 Å². The fourth-order valence-electron chi connectivity index (χ4n) is 1.80. The standard InChI is InChI=1S/C14H17N3OS/c1-3-9-4-6-10(7-5-9)14-17-11(8-18-2)12(19-14)13(15)16/h4-7H,3,8H2,1-2H3,(H3,15,16). The van der Waals surface area contributed by atoms with E-state index in [0.717, 1.165) is 22.7 Å². The number of benzene rings is 1. The Bertz CT molecular complexity index is 575. The molecule has 19 heavy (non-hydrogen) atoms. The highest BCUT2D eigenvalue weighted by atomic mass is 32.1. The summed E-state index contributed by atoms with van der Waals surface area (Å²) in [5.74, 6) is 0.0426. The number of aromatic nitrogens is 1. The Balaban J connectivity index is 2.38. The molecule has 100 valence electrons. The normalized spacial score (nSPS) is 10.6. The van der Waals surface area contributed by atoms with Crippen LogP contribution in [0, 0.1) is 5.41 Å². The Labute approximate surface area is 116 Å². The second kappa shape index (κ2) is 5.95. The third kappa shape index (κ3) is 3.00. The van der Waals surface area contributed by atoms with Crippen LogP contribution in [0.25, 0.3) is 10.6 Å². The van der Waals surface area contributed by atoms with E-state index in [1.165, 1.54) is 16.9 Å². The molecule has 0 saturated heterocycles. The van der Waals surface area contributed by atoms with Crippen molar-refractivity contribution in [3.8, 4) is 10.6 Å². The van der Waals surface area contributed by atoms with Crippen molar-refractivity contribution < 1.29 is 4.74 Å². The number of aryl methyl sites for hydroxylation is 1. The minimum absolute atomic E-state index is 0.0426. The Morgan fingerprint density at radius 2 is 2.05 bits per heavy atom. The quantitative estimate of drug-likeness (QED) is 0.651. The van der Waals surface area contributed by atoms with E-state index in [2.05, 4.69) is 36.2 Å². The van der Waals surface area contributed by atoms with Crippen LogP contribution in [0.3, 0.4) is 0 Å². The number of nitrogens with one attached hydrogen (secondary N) is 1. The molecular weight excluding hydrogens is 258 g/mol. The zero-order chi connectivity index (χ0) is 13.8. The summed E-state index contributed by atoms with van der Waals surface area (Å²) in [7, 11) is 1.61. The van der Waals surface area contributed by atoms with Crippen LogP contribution >= 0.6 is 11.3 Å². The van der Waals surface area contributed by atoms with E-state index in [1.54, 1.807) is 7.11 Å². The Morgan fingerprint density at radius 1 is 1.37 bits per heavy atom. The van der Waals surface area contributed by atoms with Gasteiger partial charge in [-0.3, -0.25) is 5.41 Å². The summed E-state index contributed by atoms with van der Waals surface area (Å²) in [6.07, 6.45) is 1.02. The molecular formula is C14H17N3OS. The van der Waals surface area contributed by atoms with E-state index in [1.807, 2.05) is 0 Å². The number of nitrogens with zero attached hydrogens (tertiary/aromatic N) is 1. The van der Waals surface area contributed by atoms with Gasteiger partial charge in [-0.2, -0.15) is 0 Å². The van der Waals surface area contributed by atoms with E-state index in [0.29, 0.717) is 11.5 Å². The van der Waals surface area contributed by atoms with Crippen molar-refractivity contribution in [2.24, 2.45) is 5.73 Å². The average molecular weight is 275 g/mol. The molecule has 5 heteroatoms. The van der Waals surface area contributed by atoms with Crippen molar-refractivity contribution in [1.29, 1.82) is 5.41 Å². The van der Waals surface area contributed by atoms with Crippen molar-refractivity contribution in [3.63, 3.8) is 0 Å². The molecule has 0 aliphatic heterocycles. The Morgan fingerprint density at radius 3 is 2.58 bits per heavy atom. The molecule has 1 heterocycles. The molecule has 2 aromatic rings. The summed E-state index contributed by atoms with van der Waals surface area (Å²) in [4.78, 5) is 5.21. The number of amidine groups is 1. The lowest BCUT2D eigenvalue weighted by molar-refractivity contribution is 0.182. The number of nitrogen functional groups attached to an aromatic ring is 1. The van der Waals surface area contributed by atoms with Gasteiger partial charge in [0.25, 0.3) is 0 Å². The fourth-order valence-corrected chi connectivity index (χ4v) is 2.74. The summed E-state index contributed by atoms with van der Waals surface area (Å²) >= 11 is 1.43. The summed E-state index contributed by atoms with van der Waals surface area (Å²) < 4.78 is 5.10. The maximum Gasteiger partial charge on any atom is 0.135 e. The average Bonchev–Trinajstić information content (AvgIpc) is 2.83. The highest BCUT2D eigenvalue weighted by molar-refractivity contribution is 7.17. The first-order valence-corrected chi connectivity index (χ1v) is 6.89. The number of ether oxygens (including phenoxy) is 1. The summed E-state index contributed by atoms with van der Waals surface area (Å²) in [5, 5.41) is 8.46. The van der Waals surface area contributed by atoms with Gasteiger partial charge in [-0.25, -0.2) is 4.98 Å². The molecule has 0 unspecified atom stereocenters. The highest BCUT2D eigenvalue weighted by Crippen LogP contribution is 2.28. The predicted molar refractivity (Wildman–Crippen MR) is 78.7 cm³/mol. The van der Waals surface area contributed by atoms with Gasteiger partial charge in [-0.1, -0.05) is 31.2 Å². The van der Waals surface area contributed by atoms with Gasteiger partial charge in [-0.15, -0.1) is 11.3 Å². The molecule has 0 radical (unpaired) electrons. The first-order chi connectivity index (χ1) is 9.15. The van der Waals surface area contributed by atoms with E-state index in [9.17, 15) is 0 Å². The minimum Gasteiger partial charge on any atom is -0.383 e. The zero-order valence-electron chi connectivity index (χ0n) is 11.1. The number of hydrogen-bond acceptors (Lipinski definition) is 4. The van der Waals surface area contributed by atoms with Gasteiger partial charge in [0.2, 0.25) is 0 Å². The van der Waals surface area contributed by atoms with Crippen molar-refractivity contribution in [2.75, 3.05) is 7.11 Å². The Hall–Kier alpha value is -1.72. The monoisotopic (exact) mass is 275 g/mol. The van der Waals surface area contributed by atoms with E-state index >= 15 is 0 Å². The second-order valence-electron chi connectivity index (χ2n) is 4.19. The van der Waals surface area contributed by atoms with Crippen LogP contribution in [0.5, 0.6) is 0 Å². The van der Waals surface area contributed by atoms with Crippen LogP contribution in [-0.4, -0.2) is 17.9 Å². The molecule has 0 bridgehead atoms. The number of thiazole rings is 1. The van der Waals surface area contributed by atoms with E-state index in [4.69, 9.17) is 15.9 Å². The molecule has 3 N–H and O–H groups in total. The van der Waals surface area contributed by atoms with Crippen molar-refractivity contribution in [2.45, 2.75) is 20.0 Å². The lowest BCUT2D eigenvalue weighted by Gasteiger charge is -1.98. The lowest BCUT2D eigenvalue weighted by Crippen LogP contribution is -2.11. The first kappa shape index (κ1) is 13.7. The maximum atomic E-state index is 7.59. The van der Waals surface area contributed by atoms with Gasteiger partial charge < -0.3 is 10.5 Å². The molecule has 0 saturated carbocycles. The van der Waals surface area contributed by atoms with Gasteiger partial charge in [0.15, 0.2) is 0 Å². The zero-order valence-corrected chi connectivity index (χ0v) is 11.9. The molecule has 0 fully saturated rings. The highest BCUT2D eigenvalue weighted by Gasteiger charge is 2.14. The molecule has 0 atom stereocenters. The van der Waals surface area contributed by atoms with Gasteiger partial charge in [-0.05, 0) is 12.0 Å². The van der Waals surface area contributed by atoms with Crippen LogP contribution < -0.4 is 5.73 Å². The van der Waals surface area contributed by atoms with Gasteiger partial charge in [0.05, 0.1) is 17.2 Å². The molecule has 1 aromatic carbocycles. The first-order valence-electron chi connectivity index (χ1n) is 6.08. The third-order valence-electron chi connectivity index (χ3n) is 2.83. The summed E-state index contributed by atoms with van der Waals surface area (Å²) in [6.45, 7) is 2.50. The number of nitrogens with two attached hydrogens (primary N) is 1. The molecule has 4 nitrogen and oxygen atoms in total. The molecule has 0 amide bonds. The molecule has 0 spiro atoms. The fraction of sp³-hybridized carbons (Fsp3) is 0.286. The van der Waals surface area contributed by atoms with Crippen LogP contribution in [0.15, 0.2) is 24.3 Å². The van der Waals surface area contributed by atoms with Crippen LogP contribution in [0.4, 0.5) is 0 Å². The smallest absolute Gasteiger partial charge is 0.135 e. The van der Waals surface area contributed by atoms with E-state index in [-0.39, 0.29) is 5.84 Å². The second-order valence-corrected chi connectivity index (χ2v) is 5.19. The van der Waals surface area contributed by atoms with Crippen LogP contribution in [0.2, 0.25) is 0 Å². The minimum atomic E-state index is 0.0426. The predicted octanol–water partition coefficient (Wildman–Crippen LogP) is 2.80. The van der Waals surface area contributed by atoms with Crippen LogP contribution in [0.1, 0.15) is 23.1 Å². The number of rotatable bonds is 5.